The zero-order valence-electron chi connectivity index (χ0n) is 34.7. The predicted molar refractivity (Wildman–Crippen MR) is 267 cm³/mol. The van der Waals surface area contributed by atoms with Crippen molar-refractivity contribution in [3.63, 3.8) is 0 Å². The molecular weight excluding hydrogens is 777 g/mol. The Labute approximate surface area is 369 Å². The maximum absolute atomic E-state index is 5.39. The molecule has 64 heavy (non-hydrogen) atoms. The fourth-order valence-electron chi connectivity index (χ4n) is 10.1. The van der Waals surface area contributed by atoms with E-state index in [4.69, 9.17) is 9.97 Å². The summed E-state index contributed by atoms with van der Waals surface area (Å²) >= 11 is 0. The van der Waals surface area contributed by atoms with E-state index in [1.807, 2.05) is 12.1 Å². The molecule has 0 amide bonds. The van der Waals surface area contributed by atoms with Gasteiger partial charge in [0.05, 0.1) is 33.5 Å². The van der Waals surface area contributed by atoms with Crippen molar-refractivity contribution in [3.05, 3.63) is 231 Å². The van der Waals surface area contributed by atoms with Crippen molar-refractivity contribution in [2.24, 2.45) is 0 Å². The van der Waals surface area contributed by atoms with Gasteiger partial charge in [0.15, 0.2) is 0 Å². The van der Waals surface area contributed by atoms with E-state index >= 15 is 0 Å². The fourth-order valence-corrected chi connectivity index (χ4v) is 10.1. The third-order valence-corrected chi connectivity index (χ3v) is 12.9. The highest BCUT2D eigenvalue weighted by atomic mass is 15.2. The van der Waals surface area contributed by atoms with Gasteiger partial charge < -0.3 is 4.57 Å². The van der Waals surface area contributed by atoms with Gasteiger partial charge in [-0.3, -0.25) is 4.57 Å². The van der Waals surface area contributed by atoms with E-state index in [2.05, 4.69) is 228 Å². The van der Waals surface area contributed by atoms with Crippen LogP contribution in [0.2, 0.25) is 0 Å². The summed E-state index contributed by atoms with van der Waals surface area (Å²) in [6.07, 6.45) is 0. The number of hydrogen-bond acceptors (Lipinski definition) is 2. The first-order chi connectivity index (χ1) is 31.8. The molecule has 13 rings (SSSR count). The van der Waals surface area contributed by atoms with Gasteiger partial charge in [0.25, 0.3) is 0 Å². The molecule has 4 heteroatoms. The van der Waals surface area contributed by atoms with E-state index in [1.54, 1.807) is 0 Å². The van der Waals surface area contributed by atoms with E-state index in [0.717, 1.165) is 50.2 Å². The van der Waals surface area contributed by atoms with Crippen LogP contribution in [-0.4, -0.2) is 19.1 Å². The minimum Gasteiger partial charge on any atom is -0.309 e. The van der Waals surface area contributed by atoms with Crippen LogP contribution in [0.15, 0.2) is 231 Å². The van der Waals surface area contributed by atoms with Gasteiger partial charge in [0.1, 0.15) is 0 Å². The highest BCUT2D eigenvalue weighted by Crippen LogP contribution is 2.47. The molecule has 0 unspecified atom stereocenters. The minimum absolute atomic E-state index is 0.633. The third kappa shape index (κ3) is 5.63. The molecule has 0 saturated carbocycles. The molecule has 0 aliphatic carbocycles. The average Bonchev–Trinajstić information content (AvgIpc) is 3.89. The minimum atomic E-state index is 0.633. The molecule has 0 aliphatic rings. The highest BCUT2D eigenvalue weighted by molar-refractivity contribution is 6.28. The SMILES string of the molecule is c1ccc(-c2cc(-c3ccccc3)nc(-n3c4ccccc4c4c(-c5ccccc5)c5cc(-c6ccc7c(c6)c6ccccc6n7-c6ccccc6)c6ccccc6c5cc43)n2)cc1. The monoisotopic (exact) mass is 814 g/mol. The van der Waals surface area contributed by atoms with Gasteiger partial charge in [-0.15, -0.1) is 0 Å². The number of benzene rings is 10. The van der Waals surface area contributed by atoms with Gasteiger partial charge >= 0.3 is 0 Å². The van der Waals surface area contributed by atoms with Crippen molar-refractivity contribution in [1.82, 2.24) is 19.1 Å². The van der Waals surface area contributed by atoms with E-state index in [-0.39, 0.29) is 0 Å². The lowest BCUT2D eigenvalue weighted by Crippen LogP contribution is -2.04. The van der Waals surface area contributed by atoms with Crippen molar-refractivity contribution in [2.75, 3.05) is 0 Å². The van der Waals surface area contributed by atoms with Gasteiger partial charge in [-0.25, -0.2) is 9.97 Å². The number of fused-ring (bicyclic) bond motifs is 9. The summed E-state index contributed by atoms with van der Waals surface area (Å²) in [5.74, 6) is 0.633. The number of para-hydroxylation sites is 3. The lowest BCUT2D eigenvalue weighted by Gasteiger charge is -2.17. The molecule has 0 saturated heterocycles. The molecule has 0 bridgehead atoms. The van der Waals surface area contributed by atoms with Crippen LogP contribution < -0.4 is 0 Å². The first-order valence-corrected chi connectivity index (χ1v) is 21.8. The highest BCUT2D eigenvalue weighted by Gasteiger charge is 2.24. The maximum Gasteiger partial charge on any atom is 0.235 e. The van der Waals surface area contributed by atoms with Crippen LogP contribution >= 0.6 is 0 Å². The number of aromatic nitrogens is 4. The van der Waals surface area contributed by atoms with Crippen LogP contribution in [0, 0.1) is 0 Å². The normalized spacial score (nSPS) is 11.8. The van der Waals surface area contributed by atoms with Gasteiger partial charge in [-0.05, 0) is 98.4 Å². The summed E-state index contributed by atoms with van der Waals surface area (Å²) in [4.78, 5) is 10.8. The Morgan fingerprint density at radius 1 is 0.281 bits per heavy atom. The molecule has 0 atom stereocenters. The predicted octanol–water partition coefficient (Wildman–Crippen LogP) is 15.6. The largest absolute Gasteiger partial charge is 0.309 e. The number of rotatable bonds is 6. The van der Waals surface area contributed by atoms with Crippen LogP contribution in [0.5, 0.6) is 0 Å². The summed E-state index contributed by atoms with van der Waals surface area (Å²) in [6.45, 7) is 0. The van der Waals surface area contributed by atoms with Crippen molar-refractivity contribution in [3.8, 4) is 56.4 Å². The van der Waals surface area contributed by atoms with Crippen LogP contribution in [0.1, 0.15) is 0 Å². The Morgan fingerprint density at radius 2 is 0.797 bits per heavy atom. The lowest BCUT2D eigenvalue weighted by molar-refractivity contribution is 0.996. The van der Waals surface area contributed by atoms with E-state index in [9.17, 15) is 0 Å². The first kappa shape index (κ1) is 36.1. The summed E-state index contributed by atoms with van der Waals surface area (Å²) in [5, 5.41) is 9.57. The lowest BCUT2D eigenvalue weighted by atomic mass is 9.87. The van der Waals surface area contributed by atoms with Crippen molar-refractivity contribution >= 4 is 65.2 Å². The summed E-state index contributed by atoms with van der Waals surface area (Å²) in [5.41, 5.74) is 14.2. The molecule has 3 aromatic heterocycles. The average molecular weight is 815 g/mol. The Hall–Kier alpha value is -8.60. The summed E-state index contributed by atoms with van der Waals surface area (Å²) < 4.78 is 4.67. The standard InChI is InChI=1S/C60H38N4/c1-5-19-39(20-6-1)52-38-53(40-21-7-2-8-22-40)62-60(61-52)64-55-32-18-16-30-47(55)59-57(64)37-49-45-28-14-13-27-44(45)48(36-51(49)58(59)41-23-9-3-10-24-41)42-33-34-56-50(35-42)46-29-15-17-31-54(46)63(56)43-25-11-4-12-26-43/h1-38H. The maximum atomic E-state index is 5.39. The van der Waals surface area contributed by atoms with Gasteiger partial charge in [0, 0.05) is 38.4 Å². The zero-order chi connectivity index (χ0) is 42.1. The topological polar surface area (TPSA) is 35.6 Å². The van der Waals surface area contributed by atoms with Crippen molar-refractivity contribution < 1.29 is 0 Å². The molecule has 3 heterocycles. The quantitative estimate of drug-likeness (QED) is 0.157. The van der Waals surface area contributed by atoms with Crippen molar-refractivity contribution in [2.45, 2.75) is 0 Å². The smallest absolute Gasteiger partial charge is 0.235 e. The molecule has 0 fully saturated rings. The Kier molecular flexibility index (Phi) is 8.18. The molecule has 0 N–H and O–H groups in total. The number of nitrogens with zero attached hydrogens (tertiary/aromatic N) is 4. The molecule has 298 valence electrons. The van der Waals surface area contributed by atoms with Crippen LogP contribution in [0.25, 0.3) is 122 Å². The van der Waals surface area contributed by atoms with E-state index < -0.39 is 0 Å². The first-order valence-electron chi connectivity index (χ1n) is 21.8. The van der Waals surface area contributed by atoms with Crippen LogP contribution in [-0.2, 0) is 0 Å². The molecular formula is C60H38N4. The van der Waals surface area contributed by atoms with Gasteiger partial charge in [-0.1, -0.05) is 176 Å². The Balaban J connectivity index is 1.13. The van der Waals surface area contributed by atoms with Crippen LogP contribution in [0.3, 0.4) is 0 Å². The fraction of sp³-hybridized carbons (Fsp3) is 0. The second-order valence-electron chi connectivity index (χ2n) is 16.5. The molecule has 4 nitrogen and oxygen atoms in total. The van der Waals surface area contributed by atoms with Gasteiger partial charge in [0.2, 0.25) is 5.95 Å². The molecule has 0 spiro atoms. The number of hydrogen-bond donors (Lipinski definition) is 0. The molecule has 10 aromatic carbocycles. The second kappa shape index (κ2) is 14.5. The van der Waals surface area contributed by atoms with Crippen LogP contribution in [0.4, 0.5) is 0 Å². The molecule has 0 radical (unpaired) electrons. The Bertz CT molecular complexity index is 3870. The van der Waals surface area contributed by atoms with Crippen molar-refractivity contribution in [1.29, 1.82) is 0 Å². The molecule has 0 aliphatic heterocycles. The summed E-state index contributed by atoms with van der Waals surface area (Å²) in [6, 6.07) is 82.8. The third-order valence-electron chi connectivity index (χ3n) is 12.9. The Morgan fingerprint density at radius 3 is 1.45 bits per heavy atom. The zero-order valence-corrected chi connectivity index (χ0v) is 34.7. The van der Waals surface area contributed by atoms with E-state index in [0.29, 0.717) is 5.95 Å². The summed E-state index contributed by atoms with van der Waals surface area (Å²) in [7, 11) is 0. The molecule has 13 aromatic rings. The van der Waals surface area contributed by atoms with Gasteiger partial charge in [-0.2, -0.15) is 0 Å². The van der Waals surface area contributed by atoms with E-state index in [1.165, 1.54) is 65.4 Å². The second-order valence-corrected chi connectivity index (χ2v) is 16.5.